The van der Waals surface area contributed by atoms with Crippen molar-refractivity contribution in [1.29, 1.82) is 0 Å². The van der Waals surface area contributed by atoms with Crippen LogP contribution >= 0.6 is 0 Å². The van der Waals surface area contributed by atoms with E-state index in [0.29, 0.717) is 24.4 Å². The van der Waals surface area contributed by atoms with Gasteiger partial charge in [-0.05, 0) is 30.3 Å². The van der Waals surface area contributed by atoms with E-state index < -0.39 is 10.0 Å². The third-order valence-corrected chi connectivity index (χ3v) is 6.38. The molecule has 0 atom stereocenters. The van der Waals surface area contributed by atoms with Crippen LogP contribution in [0.15, 0.2) is 53.4 Å². The molecule has 1 amide bonds. The highest BCUT2D eigenvalue weighted by atomic mass is 32.2. The Morgan fingerprint density at radius 1 is 1.04 bits per heavy atom. The summed E-state index contributed by atoms with van der Waals surface area (Å²) in [5, 5.41) is 0. The van der Waals surface area contributed by atoms with Crippen LogP contribution in [0.1, 0.15) is 19.4 Å². The standard InChI is InChI=1S/C20H25FN2O4S/c1-4-23(5-2)28(25,26)18-12-10-17(11-13-18)27-15-20(24)22(3)14-16-8-6-7-9-19(16)21/h6-13H,4-5,14-15H2,1-3H3. The highest BCUT2D eigenvalue weighted by Crippen LogP contribution is 2.19. The molecule has 0 heterocycles. The number of benzene rings is 2. The molecule has 0 aliphatic rings. The summed E-state index contributed by atoms with van der Waals surface area (Å²) in [5.74, 6) is -0.303. The van der Waals surface area contributed by atoms with Gasteiger partial charge in [-0.25, -0.2) is 12.8 Å². The van der Waals surface area contributed by atoms with Crippen molar-refractivity contribution in [1.82, 2.24) is 9.21 Å². The first-order valence-corrected chi connectivity index (χ1v) is 10.4. The molecule has 0 aliphatic heterocycles. The molecule has 0 aromatic heterocycles. The number of rotatable bonds is 9. The second-order valence-electron chi connectivity index (χ2n) is 6.19. The van der Waals surface area contributed by atoms with E-state index in [9.17, 15) is 17.6 Å². The van der Waals surface area contributed by atoms with Gasteiger partial charge in [0.15, 0.2) is 6.61 Å². The van der Waals surface area contributed by atoms with Crippen LogP contribution < -0.4 is 4.74 Å². The summed E-state index contributed by atoms with van der Waals surface area (Å²) < 4.78 is 45.4. The van der Waals surface area contributed by atoms with E-state index in [1.165, 1.54) is 39.5 Å². The molecule has 28 heavy (non-hydrogen) atoms. The zero-order valence-corrected chi connectivity index (χ0v) is 17.1. The summed E-state index contributed by atoms with van der Waals surface area (Å²) >= 11 is 0. The average molecular weight is 408 g/mol. The normalized spacial score (nSPS) is 11.5. The minimum atomic E-state index is -3.53. The second-order valence-corrected chi connectivity index (χ2v) is 8.13. The molecular formula is C20H25FN2O4S. The van der Waals surface area contributed by atoms with Crippen LogP contribution in [0, 0.1) is 5.82 Å². The molecule has 0 radical (unpaired) electrons. The lowest BCUT2D eigenvalue weighted by molar-refractivity contribution is -0.132. The SMILES string of the molecule is CCN(CC)S(=O)(=O)c1ccc(OCC(=O)N(C)Cc2ccccc2F)cc1. The first kappa shape index (κ1) is 21.8. The maximum atomic E-state index is 13.7. The number of carbonyl (C=O) groups is 1. The van der Waals surface area contributed by atoms with Gasteiger partial charge in [0.1, 0.15) is 11.6 Å². The van der Waals surface area contributed by atoms with Crippen LogP contribution in [0.2, 0.25) is 0 Å². The fourth-order valence-corrected chi connectivity index (χ4v) is 4.10. The maximum Gasteiger partial charge on any atom is 0.260 e. The summed E-state index contributed by atoms with van der Waals surface area (Å²) in [6.07, 6.45) is 0. The highest BCUT2D eigenvalue weighted by molar-refractivity contribution is 7.89. The van der Waals surface area contributed by atoms with Crippen LogP contribution in [0.5, 0.6) is 5.75 Å². The molecule has 2 aromatic carbocycles. The van der Waals surface area contributed by atoms with Crippen molar-refractivity contribution < 1.29 is 22.3 Å². The fraction of sp³-hybridized carbons (Fsp3) is 0.350. The molecule has 0 spiro atoms. The third-order valence-electron chi connectivity index (χ3n) is 4.32. The van der Waals surface area contributed by atoms with Gasteiger partial charge in [-0.15, -0.1) is 0 Å². The van der Waals surface area contributed by atoms with E-state index in [0.717, 1.165) is 0 Å². The number of amides is 1. The monoisotopic (exact) mass is 408 g/mol. The van der Waals surface area contributed by atoms with Gasteiger partial charge in [0, 0.05) is 32.2 Å². The first-order chi connectivity index (χ1) is 13.3. The Morgan fingerprint density at radius 2 is 1.64 bits per heavy atom. The molecular weight excluding hydrogens is 383 g/mol. The van der Waals surface area contributed by atoms with Crippen LogP contribution in [0.25, 0.3) is 0 Å². The van der Waals surface area contributed by atoms with Crippen LogP contribution in [-0.2, 0) is 21.4 Å². The largest absolute Gasteiger partial charge is 0.484 e. The van der Waals surface area contributed by atoms with Gasteiger partial charge in [0.25, 0.3) is 5.91 Å². The molecule has 2 aromatic rings. The van der Waals surface area contributed by atoms with Crippen LogP contribution in [-0.4, -0.2) is 50.3 Å². The number of hydrogen-bond donors (Lipinski definition) is 0. The van der Waals surface area contributed by atoms with E-state index >= 15 is 0 Å². The summed E-state index contributed by atoms with van der Waals surface area (Å²) in [4.78, 5) is 13.7. The Kier molecular flexibility index (Phi) is 7.53. The Balaban J connectivity index is 1.95. The molecule has 0 aliphatic carbocycles. The zero-order valence-electron chi connectivity index (χ0n) is 16.3. The average Bonchev–Trinajstić information content (AvgIpc) is 2.68. The quantitative estimate of drug-likeness (QED) is 0.640. The molecule has 0 bridgehead atoms. The number of ether oxygens (including phenoxy) is 1. The summed E-state index contributed by atoms with van der Waals surface area (Å²) in [5.41, 5.74) is 0.421. The Hall–Kier alpha value is -2.45. The number of carbonyl (C=O) groups excluding carboxylic acids is 1. The molecule has 6 nitrogen and oxygen atoms in total. The van der Waals surface area contributed by atoms with E-state index in [1.54, 1.807) is 39.1 Å². The van der Waals surface area contributed by atoms with E-state index in [4.69, 9.17) is 4.74 Å². The second kappa shape index (κ2) is 9.66. The minimum absolute atomic E-state index is 0.135. The number of sulfonamides is 1. The first-order valence-electron chi connectivity index (χ1n) is 9.00. The third kappa shape index (κ3) is 5.30. The summed E-state index contributed by atoms with van der Waals surface area (Å²) in [6, 6.07) is 12.2. The van der Waals surface area contributed by atoms with Gasteiger partial charge in [-0.3, -0.25) is 4.79 Å². The van der Waals surface area contributed by atoms with Crippen molar-refractivity contribution in [2.45, 2.75) is 25.3 Å². The van der Waals surface area contributed by atoms with Gasteiger partial charge in [-0.1, -0.05) is 32.0 Å². The zero-order chi connectivity index (χ0) is 20.7. The number of halogens is 1. The summed E-state index contributed by atoms with van der Waals surface area (Å²) in [7, 11) is -1.97. The number of nitrogens with zero attached hydrogens (tertiary/aromatic N) is 2. The van der Waals surface area contributed by atoms with Gasteiger partial charge in [-0.2, -0.15) is 4.31 Å². The van der Waals surface area contributed by atoms with Crippen molar-refractivity contribution >= 4 is 15.9 Å². The number of likely N-dealkylation sites (N-methyl/N-ethyl adjacent to an activating group) is 1. The van der Waals surface area contributed by atoms with Crippen molar-refractivity contribution in [2.75, 3.05) is 26.7 Å². The highest BCUT2D eigenvalue weighted by Gasteiger charge is 2.21. The fourth-order valence-electron chi connectivity index (χ4n) is 2.65. The van der Waals surface area contributed by atoms with Gasteiger partial charge >= 0.3 is 0 Å². The Bertz CT molecular complexity index is 897. The van der Waals surface area contributed by atoms with Crippen LogP contribution in [0.3, 0.4) is 0 Å². The molecule has 0 saturated carbocycles. The molecule has 0 fully saturated rings. The Labute approximate surface area is 165 Å². The van der Waals surface area contributed by atoms with E-state index in [1.807, 2.05) is 0 Å². The topological polar surface area (TPSA) is 66.9 Å². The molecule has 0 saturated heterocycles. The predicted molar refractivity (Wildman–Crippen MR) is 105 cm³/mol. The van der Waals surface area contributed by atoms with Crippen molar-refractivity contribution in [3.8, 4) is 5.75 Å². The molecule has 8 heteroatoms. The lowest BCUT2D eigenvalue weighted by atomic mass is 10.2. The van der Waals surface area contributed by atoms with Gasteiger partial charge in [0.05, 0.1) is 4.90 Å². The van der Waals surface area contributed by atoms with Crippen molar-refractivity contribution in [3.63, 3.8) is 0 Å². The molecule has 0 unspecified atom stereocenters. The van der Waals surface area contributed by atoms with Crippen molar-refractivity contribution in [3.05, 3.63) is 59.9 Å². The lowest BCUT2D eigenvalue weighted by Crippen LogP contribution is -2.31. The van der Waals surface area contributed by atoms with Crippen molar-refractivity contribution in [2.24, 2.45) is 0 Å². The molecule has 2 rings (SSSR count). The lowest BCUT2D eigenvalue weighted by Gasteiger charge is -2.19. The maximum absolute atomic E-state index is 13.7. The molecule has 0 N–H and O–H groups in total. The smallest absolute Gasteiger partial charge is 0.260 e. The minimum Gasteiger partial charge on any atom is -0.484 e. The van der Waals surface area contributed by atoms with Gasteiger partial charge < -0.3 is 9.64 Å². The van der Waals surface area contributed by atoms with Crippen LogP contribution in [0.4, 0.5) is 4.39 Å². The molecule has 152 valence electrons. The predicted octanol–water partition coefficient (Wildman–Crippen LogP) is 2.89. The number of hydrogen-bond acceptors (Lipinski definition) is 4. The Morgan fingerprint density at radius 3 is 2.21 bits per heavy atom. The summed E-state index contributed by atoms with van der Waals surface area (Å²) in [6.45, 7) is 4.24. The van der Waals surface area contributed by atoms with E-state index in [2.05, 4.69) is 0 Å². The van der Waals surface area contributed by atoms with Gasteiger partial charge in [0.2, 0.25) is 10.0 Å². The van der Waals surface area contributed by atoms with E-state index in [-0.39, 0.29) is 29.8 Å².